The Balaban J connectivity index is 1.56. The first kappa shape index (κ1) is 18.4. The van der Waals surface area contributed by atoms with E-state index in [1.54, 1.807) is 24.2 Å². The maximum atomic E-state index is 12.5. The maximum Gasteiger partial charge on any atom is 0.274 e. The SMILES string of the molecule is COC[C@@H](NC(=O)c1cn(CCN2CCNCC2)nn1)c1ccccn1. The highest BCUT2D eigenvalue weighted by Crippen LogP contribution is 2.10. The molecule has 0 unspecified atom stereocenters. The van der Waals surface area contributed by atoms with Crippen molar-refractivity contribution >= 4 is 5.91 Å². The number of pyridine rings is 1. The van der Waals surface area contributed by atoms with E-state index in [0.717, 1.165) is 38.4 Å². The molecule has 0 aliphatic carbocycles. The van der Waals surface area contributed by atoms with E-state index in [2.05, 4.69) is 30.8 Å². The first-order valence-corrected chi connectivity index (χ1v) is 8.80. The zero-order valence-electron chi connectivity index (χ0n) is 15.0. The molecule has 1 atom stereocenters. The van der Waals surface area contributed by atoms with Crippen LogP contribution in [-0.2, 0) is 11.3 Å². The Morgan fingerprint density at radius 3 is 2.92 bits per heavy atom. The van der Waals surface area contributed by atoms with Gasteiger partial charge in [-0.2, -0.15) is 0 Å². The molecule has 140 valence electrons. The minimum atomic E-state index is -0.334. The van der Waals surface area contributed by atoms with Gasteiger partial charge in [0.2, 0.25) is 0 Å². The molecule has 1 saturated heterocycles. The Labute approximate surface area is 152 Å². The number of carbonyl (C=O) groups excluding carboxylic acids is 1. The monoisotopic (exact) mass is 359 g/mol. The number of amides is 1. The van der Waals surface area contributed by atoms with E-state index in [0.29, 0.717) is 18.8 Å². The number of ether oxygens (including phenoxy) is 1. The summed E-state index contributed by atoms with van der Waals surface area (Å²) in [5, 5.41) is 14.3. The number of aromatic nitrogens is 4. The second-order valence-corrected chi connectivity index (χ2v) is 6.19. The summed E-state index contributed by atoms with van der Waals surface area (Å²) in [7, 11) is 1.59. The van der Waals surface area contributed by atoms with Crippen LogP contribution >= 0.6 is 0 Å². The molecule has 9 nitrogen and oxygen atoms in total. The van der Waals surface area contributed by atoms with Crippen LogP contribution < -0.4 is 10.6 Å². The number of hydrogen-bond acceptors (Lipinski definition) is 7. The minimum Gasteiger partial charge on any atom is -0.382 e. The molecule has 1 aliphatic heterocycles. The molecule has 0 saturated carbocycles. The lowest BCUT2D eigenvalue weighted by Crippen LogP contribution is -2.44. The first-order valence-electron chi connectivity index (χ1n) is 8.80. The average Bonchev–Trinajstić information content (AvgIpc) is 3.17. The van der Waals surface area contributed by atoms with Crippen molar-refractivity contribution in [3.63, 3.8) is 0 Å². The van der Waals surface area contributed by atoms with Crippen molar-refractivity contribution in [1.29, 1.82) is 0 Å². The normalized spacial score (nSPS) is 16.3. The van der Waals surface area contributed by atoms with Gasteiger partial charge in [-0.1, -0.05) is 11.3 Å². The number of nitrogens with zero attached hydrogens (tertiary/aromatic N) is 5. The van der Waals surface area contributed by atoms with E-state index in [1.807, 2.05) is 18.2 Å². The quantitative estimate of drug-likeness (QED) is 0.668. The van der Waals surface area contributed by atoms with Crippen LogP contribution in [0, 0.1) is 0 Å². The maximum absolute atomic E-state index is 12.5. The Bertz CT molecular complexity index is 685. The van der Waals surface area contributed by atoms with Crippen LogP contribution in [0.1, 0.15) is 22.2 Å². The molecule has 0 bridgehead atoms. The van der Waals surface area contributed by atoms with E-state index < -0.39 is 0 Å². The summed E-state index contributed by atoms with van der Waals surface area (Å²) < 4.78 is 6.91. The molecule has 2 aromatic heterocycles. The highest BCUT2D eigenvalue weighted by molar-refractivity contribution is 5.92. The van der Waals surface area contributed by atoms with Gasteiger partial charge in [-0.15, -0.1) is 5.10 Å². The van der Waals surface area contributed by atoms with Crippen LogP contribution in [-0.4, -0.2) is 77.2 Å². The largest absolute Gasteiger partial charge is 0.382 e. The Hall–Kier alpha value is -2.36. The van der Waals surface area contributed by atoms with Crippen LogP contribution in [0.15, 0.2) is 30.6 Å². The van der Waals surface area contributed by atoms with Crippen molar-refractivity contribution in [2.24, 2.45) is 0 Å². The third-order valence-corrected chi connectivity index (χ3v) is 4.31. The third kappa shape index (κ3) is 5.07. The Morgan fingerprint density at radius 1 is 1.35 bits per heavy atom. The number of hydrogen-bond donors (Lipinski definition) is 2. The highest BCUT2D eigenvalue weighted by Gasteiger charge is 2.19. The lowest BCUT2D eigenvalue weighted by molar-refractivity contribution is 0.0889. The van der Waals surface area contributed by atoms with Gasteiger partial charge in [-0.05, 0) is 12.1 Å². The minimum absolute atomic E-state index is 0.286. The molecule has 26 heavy (non-hydrogen) atoms. The van der Waals surface area contributed by atoms with Gasteiger partial charge in [0, 0.05) is 46.0 Å². The second-order valence-electron chi connectivity index (χ2n) is 6.19. The van der Waals surface area contributed by atoms with Crippen LogP contribution in [0.4, 0.5) is 0 Å². The molecule has 1 fully saturated rings. The molecule has 0 spiro atoms. The molecule has 2 N–H and O–H groups in total. The number of carbonyl (C=O) groups is 1. The molecule has 2 aromatic rings. The predicted octanol–water partition coefficient (Wildman–Crippen LogP) is -0.304. The summed E-state index contributed by atoms with van der Waals surface area (Å²) in [5.41, 5.74) is 1.04. The topological polar surface area (TPSA) is 97.2 Å². The van der Waals surface area contributed by atoms with Crippen molar-refractivity contribution in [3.05, 3.63) is 42.0 Å². The summed E-state index contributed by atoms with van der Waals surface area (Å²) in [6.45, 7) is 6.03. The van der Waals surface area contributed by atoms with Crippen LogP contribution in [0.2, 0.25) is 0 Å². The van der Waals surface area contributed by atoms with Crippen molar-refractivity contribution in [1.82, 2.24) is 35.5 Å². The van der Waals surface area contributed by atoms with E-state index in [1.165, 1.54) is 0 Å². The van der Waals surface area contributed by atoms with Crippen molar-refractivity contribution in [3.8, 4) is 0 Å². The fourth-order valence-electron chi connectivity index (χ4n) is 2.87. The summed E-state index contributed by atoms with van der Waals surface area (Å²) in [4.78, 5) is 19.1. The summed E-state index contributed by atoms with van der Waals surface area (Å²) in [6.07, 6.45) is 3.37. The second kappa shape index (κ2) is 9.37. The molecular formula is C17H25N7O2. The first-order chi connectivity index (χ1) is 12.8. The molecule has 1 amide bonds. The molecule has 9 heteroatoms. The number of methoxy groups -OCH3 is 1. The molecule has 0 radical (unpaired) electrons. The number of rotatable bonds is 8. The van der Waals surface area contributed by atoms with Gasteiger partial charge in [0.25, 0.3) is 5.91 Å². The van der Waals surface area contributed by atoms with E-state index in [9.17, 15) is 4.79 Å². The van der Waals surface area contributed by atoms with Crippen LogP contribution in [0.5, 0.6) is 0 Å². The van der Waals surface area contributed by atoms with Crippen molar-refractivity contribution < 1.29 is 9.53 Å². The smallest absolute Gasteiger partial charge is 0.274 e. The number of piperazine rings is 1. The lowest BCUT2D eigenvalue weighted by atomic mass is 10.2. The average molecular weight is 359 g/mol. The van der Waals surface area contributed by atoms with E-state index in [-0.39, 0.29) is 11.9 Å². The molecule has 3 rings (SSSR count). The zero-order chi connectivity index (χ0) is 18.2. The highest BCUT2D eigenvalue weighted by atomic mass is 16.5. The van der Waals surface area contributed by atoms with Crippen molar-refractivity contribution in [2.45, 2.75) is 12.6 Å². The molecule has 3 heterocycles. The lowest BCUT2D eigenvalue weighted by Gasteiger charge is -2.26. The molecule has 1 aliphatic rings. The summed E-state index contributed by atoms with van der Waals surface area (Å²) >= 11 is 0. The van der Waals surface area contributed by atoms with Crippen LogP contribution in [0.25, 0.3) is 0 Å². The Kier molecular flexibility index (Phi) is 6.64. The summed E-state index contributed by atoms with van der Waals surface area (Å²) in [5.74, 6) is -0.286. The number of nitrogens with one attached hydrogen (secondary N) is 2. The van der Waals surface area contributed by atoms with Gasteiger partial charge in [0.05, 0.1) is 31.1 Å². The van der Waals surface area contributed by atoms with Gasteiger partial charge >= 0.3 is 0 Å². The fraction of sp³-hybridized carbons (Fsp3) is 0.529. The van der Waals surface area contributed by atoms with Gasteiger partial charge in [0.1, 0.15) is 0 Å². The van der Waals surface area contributed by atoms with E-state index in [4.69, 9.17) is 4.74 Å². The van der Waals surface area contributed by atoms with Gasteiger partial charge in [0.15, 0.2) is 5.69 Å². The zero-order valence-corrected chi connectivity index (χ0v) is 15.0. The van der Waals surface area contributed by atoms with E-state index >= 15 is 0 Å². The fourth-order valence-corrected chi connectivity index (χ4v) is 2.87. The van der Waals surface area contributed by atoms with Gasteiger partial charge < -0.3 is 15.4 Å². The molecule has 0 aromatic carbocycles. The van der Waals surface area contributed by atoms with Crippen LogP contribution in [0.3, 0.4) is 0 Å². The predicted molar refractivity (Wildman–Crippen MR) is 95.7 cm³/mol. The van der Waals surface area contributed by atoms with Gasteiger partial charge in [-0.25, -0.2) is 0 Å². The van der Waals surface area contributed by atoms with Gasteiger partial charge in [-0.3, -0.25) is 19.4 Å². The van der Waals surface area contributed by atoms with Crippen molar-refractivity contribution in [2.75, 3.05) is 46.4 Å². The third-order valence-electron chi connectivity index (χ3n) is 4.31. The Morgan fingerprint density at radius 2 is 2.19 bits per heavy atom. The standard InChI is InChI=1S/C17H25N7O2/c1-26-13-16(14-4-2-3-5-19-14)20-17(25)15-12-24(22-21-15)11-10-23-8-6-18-7-9-23/h2-5,12,16,18H,6-11,13H2,1H3,(H,20,25)/t16-/m1/s1. The molecular weight excluding hydrogens is 334 g/mol. The summed E-state index contributed by atoms with van der Waals surface area (Å²) in [6, 6.07) is 5.23.